The fraction of sp³-hybridized carbons (Fsp3) is 0.733. The lowest BCUT2D eigenvalue weighted by Crippen LogP contribution is -2.38. The Balaban J connectivity index is 0.00000576. The monoisotopic (exact) mass is 487 g/mol. The van der Waals surface area contributed by atoms with Crippen molar-refractivity contribution in [2.75, 3.05) is 25.9 Å². The van der Waals surface area contributed by atoms with E-state index in [-0.39, 0.29) is 29.4 Å². The molecule has 25 heavy (non-hydrogen) atoms. The van der Waals surface area contributed by atoms with Crippen LogP contribution in [-0.2, 0) is 22.0 Å². The summed E-state index contributed by atoms with van der Waals surface area (Å²) in [7, 11) is -3.14. The first-order chi connectivity index (χ1) is 11.1. The van der Waals surface area contributed by atoms with Crippen molar-refractivity contribution in [1.29, 1.82) is 0 Å². The van der Waals surface area contributed by atoms with Crippen LogP contribution in [0, 0.1) is 0 Å². The van der Waals surface area contributed by atoms with Crippen molar-refractivity contribution in [2.24, 2.45) is 4.99 Å². The zero-order valence-electron chi connectivity index (χ0n) is 15.5. The molecule has 0 radical (unpaired) electrons. The van der Waals surface area contributed by atoms with Crippen LogP contribution < -0.4 is 15.4 Å². The van der Waals surface area contributed by atoms with Gasteiger partial charge >= 0.3 is 0 Å². The molecule has 0 amide bonds. The molecule has 8 nitrogen and oxygen atoms in total. The summed E-state index contributed by atoms with van der Waals surface area (Å²) in [6, 6.07) is 0. The topological polar surface area (TPSA) is 109 Å². The Labute approximate surface area is 167 Å². The molecule has 1 heterocycles. The van der Waals surface area contributed by atoms with Gasteiger partial charge in [0.15, 0.2) is 5.96 Å². The normalized spacial score (nSPS) is 12.6. The number of hydrogen-bond donors (Lipinski definition) is 3. The first-order valence-electron chi connectivity index (χ1n) is 8.04. The van der Waals surface area contributed by atoms with Crippen LogP contribution in [0.5, 0.6) is 0 Å². The van der Waals surface area contributed by atoms with Crippen molar-refractivity contribution in [1.82, 2.24) is 20.3 Å². The van der Waals surface area contributed by atoms with E-state index < -0.39 is 10.0 Å². The Hall–Kier alpha value is -0.880. The molecule has 0 saturated carbocycles. The van der Waals surface area contributed by atoms with Crippen LogP contribution >= 0.6 is 24.0 Å². The van der Waals surface area contributed by atoms with E-state index in [1.165, 1.54) is 0 Å². The van der Waals surface area contributed by atoms with E-state index in [1.807, 2.05) is 6.92 Å². The van der Waals surface area contributed by atoms with Gasteiger partial charge in [-0.25, -0.2) is 23.1 Å². The molecule has 0 unspecified atom stereocenters. The Bertz CT molecular complexity index is 638. The molecule has 1 aromatic heterocycles. The van der Waals surface area contributed by atoms with Crippen LogP contribution in [0.3, 0.4) is 0 Å². The van der Waals surface area contributed by atoms with E-state index >= 15 is 0 Å². The number of sulfonamides is 1. The average molecular weight is 487 g/mol. The van der Waals surface area contributed by atoms with E-state index in [4.69, 9.17) is 4.42 Å². The van der Waals surface area contributed by atoms with Gasteiger partial charge in [-0.1, -0.05) is 20.8 Å². The van der Waals surface area contributed by atoms with Crippen molar-refractivity contribution >= 4 is 40.0 Å². The summed E-state index contributed by atoms with van der Waals surface area (Å²) in [6.07, 6.45) is 3.54. The highest BCUT2D eigenvalue weighted by Gasteiger charge is 2.18. The summed E-state index contributed by atoms with van der Waals surface area (Å²) >= 11 is 0. The summed E-state index contributed by atoms with van der Waals surface area (Å²) in [4.78, 5) is 8.67. The van der Waals surface area contributed by atoms with Gasteiger partial charge in [0.1, 0.15) is 12.3 Å². The maximum atomic E-state index is 11.0. The Kier molecular flexibility index (Phi) is 10.6. The molecule has 0 saturated heterocycles. The minimum Gasteiger partial charge on any atom is -0.443 e. The van der Waals surface area contributed by atoms with Crippen molar-refractivity contribution in [3.63, 3.8) is 0 Å². The molecule has 10 heteroatoms. The fourth-order valence-electron chi connectivity index (χ4n) is 1.77. The number of aromatic nitrogens is 1. The number of nitrogens with zero attached hydrogens (tertiary/aromatic N) is 2. The number of guanidine groups is 1. The standard InChI is InChI=1S/C15H29N5O3S.HI/c1-6-16-14(17-8-7-9-20-24(5,21)22)19-11-13-18-10-12(23-13)15(2,3)4;/h10,20H,6-9,11H2,1-5H3,(H2,16,17,19);1H. The van der Waals surface area contributed by atoms with E-state index in [2.05, 4.69) is 46.1 Å². The Morgan fingerprint density at radius 1 is 1.28 bits per heavy atom. The SMILES string of the molecule is CCNC(=NCc1ncc(C(C)(C)C)o1)NCCCNS(C)(=O)=O.I. The van der Waals surface area contributed by atoms with Crippen LogP contribution in [0.15, 0.2) is 15.6 Å². The number of aliphatic imine (C=N–C) groups is 1. The van der Waals surface area contributed by atoms with Crippen molar-refractivity contribution in [3.8, 4) is 0 Å². The Morgan fingerprint density at radius 2 is 1.96 bits per heavy atom. The van der Waals surface area contributed by atoms with Crippen molar-refractivity contribution in [2.45, 2.75) is 46.1 Å². The number of nitrogens with one attached hydrogen (secondary N) is 3. The van der Waals surface area contributed by atoms with Crippen LogP contribution in [0.1, 0.15) is 45.8 Å². The summed E-state index contributed by atoms with van der Waals surface area (Å²) < 4.78 is 30.1. The minimum absolute atomic E-state index is 0. The predicted octanol–water partition coefficient (Wildman–Crippen LogP) is 1.58. The van der Waals surface area contributed by atoms with E-state index in [0.29, 0.717) is 37.9 Å². The zero-order valence-corrected chi connectivity index (χ0v) is 18.7. The third kappa shape index (κ3) is 10.6. The quantitative estimate of drug-likeness (QED) is 0.223. The molecular formula is C15H30IN5O3S. The molecule has 0 fully saturated rings. The van der Waals surface area contributed by atoms with Crippen LogP contribution in [0.4, 0.5) is 0 Å². The lowest BCUT2D eigenvalue weighted by atomic mass is 9.94. The van der Waals surface area contributed by atoms with E-state index in [1.54, 1.807) is 6.20 Å². The van der Waals surface area contributed by atoms with Crippen LogP contribution in [0.25, 0.3) is 0 Å². The third-order valence-electron chi connectivity index (χ3n) is 3.02. The number of rotatable bonds is 8. The predicted molar refractivity (Wildman–Crippen MR) is 111 cm³/mol. The summed E-state index contributed by atoms with van der Waals surface area (Å²) in [5, 5.41) is 6.28. The number of oxazole rings is 1. The van der Waals surface area contributed by atoms with Crippen LogP contribution in [0.2, 0.25) is 0 Å². The fourth-order valence-corrected chi connectivity index (χ4v) is 2.29. The maximum absolute atomic E-state index is 11.0. The highest BCUT2D eigenvalue weighted by atomic mass is 127. The van der Waals surface area contributed by atoms with Gasteiger partial charge in [0.2, 0.25) is 15.9 Å². The molecular weight excluding hydrogens is 457 g/mol. The number of hydrogen-bond acceptors (Lipinski definition) is 5. The zero-order chi connectivity index (χ0) is 18.2. The second-order valence-electron chi connectivity index (χ2n) is 6.51. The van der Waals surface area contributed by atoms with Crippen molar-refractivity contribution < 1.29 is 12.8 Å². The van der Waals surface area contributed by atoms with Gasteiger partial charge in [-0.05, 0) is 13.3 Å². The summed E-state index contributed by atoms with van der Waals surface area (Å²) in [6.45, 7) is 10.2. The summed E-state index contributed by atoms with van der Waals surface area (Å²) in [5.41, 5.74) is -0.0790. The van der Waals surface area contributed by atoms with Crippen molar-refractivity contribution in [3.05, 3.63) is 17.8 Å². The lowest BCUT2D eigenvalue weighted by molar-refractivity contribution is 0.383. The molecule has 0 spiro atoms. The van der Waals surface area contributed by atoms with Gasteiger partial charge in [-0.15, -0.1) is 24.0 Å². The molecule has 0 aliphatic carbocycles. The van der Waals surface area contributed by atoms with E-state index in [0.717, 1.165) is 18.6 Å². The maximum Gasteiger partial charge on any atom is 0.216 e. The summed E-state index contributed by atoms with van der Waals surface area (Å²) in [5.74, 6) is 2.04. The van der Waals surface area contributed by atoms with Gasteiger partial charge < -0.3 is 15.1 Å². The molecule has 0 aromatic carbocycles. The highest BCUT2D eigenvalue weighted by Crippen LogP contribution is 2.22. The van der Waals surface area contributed by atoms with Gasteiger partial charge in [0.25, 0.3) is 0 Å². The molecule has 1 rings (SSSR count). The highest BCUT2D eigenvalue weighted by molar-refractivity contribution is 14.0. The van der Waals surface area contributed by atoms with Gasteiger partial charge in [-0.2, -0.15) is 0 Å². The molecule has 0 aliphatic heterocycles. The first kappa shape index (κ1) is 24.1. The van der Waals surface area contributed by atoms with Gasteiger partial charge in [-0.3, -0.25) is 0 Å². The molecule has 3 N–H and O–H groups in total. The largest absolute Gasteiger partial charge is 0.443 e. The molecule has 1 aromatic rings. The Morgan fingerprint density at radius 3 is 2.48 bits per heavy atom. The molecule has 0 atom stereocenters. The minimum atomic E-state index is -3.14. The van der Waals surface area contributed by atoms with Gasteiger partial charge in [0.05, 0.1) is 12.5 Å². The smallest absolute Gasteiger partial charge is 0.216 e. The van der Waals surface area contributed by atoms with Crippen LogP contribution in [-0.4, -0.2) is 45.3 Å². The van der Waals surface area contributed by atoms with Gasteiger partial charge in [0, 0.05) is 25.0 Å². The van der Waals surface area contributed by atoms with E-state index in [9.17, 15) is 8.42 Å². The molecule has 0 aliphatic rings. The second kappa shape index (κ2) is 11.0. The lowest BCUT2D eigenvalue weighted by Gasteiger charge is -2.13. The number of halogens is 1. The first-order valence-corrected chi connectivity index (χ1v) is 9.93. The molecule has 146 valence electrons. The average Bonchev–Trinajstić information content (AvgIpc) is 2.92. The third-order valence-corrected chi connectivity index (χ3v) is 3.75. The molecule has 0 bridgehead atoms. The second-order valence-corrected chi connectivity index (χ2v) is 8.34.